The second kappa shape index (κ2) is 4.19. The number of quaternary nitrogens is 1. The predicted octanol–water partition coefficient (Wildman–Crippen LogP) is 1.88. The SMILES string of the molecule is O=C1CCC[C@@H]2[C@H]3CCC[N@+]4([O-])CCC[C@H](CN12)[C@@H]34. The smallest absolute Gasteiger partial charge is 0.222 e. The summed E-state index contributed by atoms with van der Waals surface area (Å²) in [5, 5.41) is 13.1. The lowest BCUT2D eigenvalue weighted by Crippen LogP contribution is -2.71. The number of hydroxylamine groups is 3. The zero-order chi connectivity index (χ0) is 13.0. The molecule has 4 fully saturated rings. The van der Waals surface area contributed by atoms with Gasteiger partial charge in [0.25, 0.3) is 0 Å². The molecule has 0 aromatic rings. The van der Waals surface area contributed by atoms with Crippen LogP contribution in [0.25, 0.3) is 0 Å². The monoisotopic (exact) mass is 264 g/mol. The van der Waals surface area contributed by atoms with Crippen molar-refractivity contribution in [2.45, 2.75) is 57.0 Å². The predicted molar refractivity (Wildman–Crippen MR) is 71.9 cm³/mol. The number of rotatable bonds is 0. The molecule has 0 unspecified atom stereocenters. The maximum absolute atomic E-state index is 13.1. The zero-order valence-electron chi connectivity index (χ0n) is 11.6. The van der Waals surface area contributed by atoms with Gasteiger partial charge in [-0.05, 0) is 38.5 Å². The summed E-state index contributed by atoms with van der Waals surface area (Å²) < 4.78 is 0.0772. The second-order valence-corrected chi connectivity index (χ2v) is 7.10. The largest absolute Gasteiger partial charge is 0.633 e. The van der Waals surface area contributed by atoms with Crippen molar-refractivity contribution in [1.82, 2.24) is 4.90 Å². The molecular weight excluding hydrogens is 240 g/mol. The summed E-state index contributed by atoms with van der Waals surface area (Å²) in [5.41, 5.74) is 0. The second-order valence-electron chi connectivity index (χ2n) is 7.10. The van der Waals surface area contributed by atoms with Crippen molar-refractivity contribution in [1.29, 1.82) is 0 Å². The maximum atomic E-state index is 13.1. The molecule has 0 spiro atoms. The van der Waals surface area contributed by atoms with E-state index in [1.165, 1.54) is 12.8 Å². The number of nitrogens with zero attached hydrogens (tertiary/aromatic N) is 2. The zero-order valence-corrected chi connectivity index (χ0v) is 11.6. The lowest BCUT2D eigenvalue weighted by molar-refractivity contribution is -0.925. The van der Waals surface area contributed by atoms with Crippen LogP contribution in [0.5, 0.6) is 0 Å². The molecule has 4 rings (SSSR count). The minimum Gasteiger partial charge on any atom is -0.633 e. The number of fused-ring (bicyclic) bond motifs is 2. The number of amides is 1. The molecule has 4 aliphatic heterocycles. The van der Waals surface area contributed by atoms with Crippen LogP contribution in [0, 0.1) is 17.0 Å². The third-order valence-corrected chi connectivity index (χ3v) is 6.19. The van der Waals surface area contributed by atoms with Gasteiger partial charge in [0.05, 0.1) is 19.1 Å². The lowest BCUT2D eigenvalue weighted by atomic mass is 9.67. The van der Waals surface area contributed by atoms with Crippen LogP contribution in [-0.2, 0) is 4.79 Å². The van der Waals surface area contributed by atoms with E-state index >= 15 is 0 Å². The van der Waals surface area contributed by atoms with Gasteiger partial charge in [0.1, 0.15) is 0 Å². The Balaban J connectivity index is 1.69. The summed E-state index contributed by atoms with van der Waals surface area (Å²) in [6.45, 7) is 2.55. The highest BCUT2D eigenvalue weighted by Gasteiger charge is 2.55. The van der Waals surface area contributed by atoms with Crippen molar-refractivity contribution in [2.24, 2.45) is 11.8 Å². The Bertz CT molecular complexity index is 396. The van der Waals surface area contributed by atoms with E-state index in [0.717, 1.165) is 51.7 Å². The van der Waals surface area contributed by atoms with Gasteiger partial charge in [-0.3, -0.25) is 4.79 Å². The highest BCUT2D eigenvalue weighted by molar-refractivity contribution is 5.77. The van der Waals surface area contributed by atoms with E-state index in [0.29, 0.717) is 29.8 Å². The number of piperidine rings is 4. The molecule has 4 heteroatoms. The van der Waals surface area contributed by atoms with Crippen LogP contribution in [0.2, 0.25) is 0 Å². The summed E-state index contributed by atoms with van der Waals surface area (Å²) in [6, 6.07) is 0.710. The Morgan fingerprint density at radius 2 is 1.89 bits per heavy atom. The maximum Gasteiger partial charge on any atom is 0.222 e. The van der Waals surface area contributed by atoms with E-state index in [9.17, 15) is 10.0 Å². The summed E-state index contributed by atoms with van der Waals surface area (Å²) in [5.74, 6) is 1.33. The molecule has 0 N–H and O–H groups in total. The summed E-state index contributed by atoms with van der Waals surface area (Å²) in [7, 11) is 0. The van der Waals surface area contributed by atoms with E-state index < -0.39 is 0 Å². The molecule has 0 aliphatic carbocycles. The fourth-order valence-electron chi connectivity index (χ4n) is 5.55. The molecule has 4 saturated heterocycles. The number of carbonyl (C=O) groups excluding carboxylic acids is 1. The first-order chi connectivity index (χ1) is 9.19. The van der Waals surface area contributed by atoms with Gasteiger partial charge in [-0.15, -0.1) is 0 Å². The van der Waals surface area contributed by atoms with Gasteiger partial charge in [0, 0.05) is 30.8 Å². The van der Waals surface area contributed by atoms with Gasteiger partial charge in [-0.1, -0.05) is 0 Å². The fourth-order valence-corrected chi connectivity index (χ4v) is 5.55. The average Bonchev–Trinajstić information content (AvgIpc) is 2.40. The third-order valence-electron chi connectivity index (χ3n) is 6.19. The molecule has 0 bridgehead atoms. The van der Waals surface area contributed by atoms with Crippen molar-refractivity contribution in [3.63, 3.8) is 0 Å². The first-order valence-electron chi connectivity index (χ1n) is 8.06. The Hall–Kier alpha value is -0.610. The summed E-state index contributed by atoms with van der Waals surface area (Å²) in [4.78, 5) is 14.3. The summed E-state index contributed by atoms with van der Waals surface area (Å²) >= 11 is 0. The van der Waals surface area contributed by atoms with Crippen molar-refractivity contribution in [3.8, 4) is 0 Å². The Labute approximate surface area is 114 Å². The van der Waals surface area contributed by atoms with Gasteiger partial charge in [0.2, 0.25) is 5.91 Å². The standard InChI is InChI=1S/C15H24N2O2/c18-14-7-1-6-13-12-5-3-9-17(19)8-2-4-11(15(12)17)10-16(13)14/h11-13,15H,1-10H2/t11-,12-,13-,15+,17-/m1/s1. The minimum atomic E-state index is 0.0772. The molecule has 0 saturated carbocycles. The minimum absolute atomic E-state index is 0.0772. The van der Waals surface area contributed by atoms with Crippen LogP contribution in [0.3, 0.4) is 0 Å². The number of carbonyl (C=O) groups is 1. The molecule has 5 atom stereocenters. The third kappa shape index (κ3) is 1.69. The lowest BCUT2D eigenvalue weighted by Gasteiger charge is -2.64. The molecule has 106 valence electrons. The first-order valence-corrected chi connectivity index (χ1v) is 8.06. The normalized spacial score (nSPS) is 49.5. The van der Waals surface area contributed by atoms with E-state index in [2.05, 4.69) is 4.90 Å². The Kier molecular flexibility index (Phi) is 2.68. The Morgan fingerprint density at radius 1 is 1.11 bits per heavy atom. The van der Waals surface area contributed by atoms with Crippen LogP contribution in [-0.4, -0.2) is 47.2 Å². The van der Waals surface area contributed by atoms with Gasteiger partial charge in [-0.2, -0.15) is 0 Å². The molecule has 19 heavy (non-hydrogen) atoms. The quantitative estimate of drug-likeness (QED) is 0.495. The van der Waals surface area contributed by atoms with Crippen molar-refractivity contribution >= 4 is 5.91 Å². The number of hydrogen-bond donors (Lipinski definition) is 0. The van der Waals surface area contributed by atoms with Crippen molar-refractivity contribution in [2.75, 3.05) is 19.6 Å². The highest BCUT2D eigenvalue weighted by Crippen LogP contribution is 2.47. The van der Waals surface area contributed by atoms with Gasteiger partial charge in [0.15, 0.2) is 0 Å². The van der Waals surface area contributed by atoms with E-state index in [4.69, 9.17) is 0 Å². The molecule has 0 radical (unpaired) electrons. The van der Waals surface area contributed by atoms with Crippen LogP contribution in [0.4, 0.5) is 0 Å². The van der Waals surface area contributed by atoms with Crippen molar-refractivity contribution < 1.29 is 9.44 Å². The number of hydrogen-bond acceptors (Lipinski definition) is 2. The van der Waals surface area contributed by atoms with E-state index in [-0.39, 0.29) is 4.65 Å². The molecular formula is C15H24N2O2. The van der Waals surface area contributed by atoms with Crippen LogP contribution < -0.4 is 0 Å². The van der Waals surface area contributed by atoms with Crippen LogP contribution in [0.15, 0.2) is 0 Å². The molecule has 0 aromatic carbocycles. The van der Waals surface area contributed by atoms with Gasteiger partial charge in [-0.25, -0.2) is 0 Å². The molecule has 4 nitrogen and oxygen atoms in total. The Morgan fingerprint density at radius 3 is 2.74 bits per heavy atom. The highest BCUT2D eigenvalue weighted by atomic mass is 16.5. The molecule has 4 aliphatic rings. The molecule has 4 heterocycles. The summed E-state index contributed by atoms with van der Waals surface area (Å²) in [6.07, 6.45) is 7.38. The van der Waals surface area contributed by atoms with Gasteiger partial charge >= 0.3 is 0 Å². The fraction of sp³-hybridized carbons (Fsp3) is 0.933. The first kappa shape index (κ1) is 12.2. The molecule has 0 aromatic heterocycles. The van der Waals surface area contributed by atoms with Crippen LogP contribution in [0.1, 0.15) is 44.9 Å². The van der Waals surface area contributed by atoms with E-state index in [1.807, 2.05) is 0 Å². The topological polar surface area (TPSA) is 43.4 Å². The average molecular weight is 264 g/mol. The van der Waals surface area contributed by atoms with Crippen LogP contribution >= 0.6 is 0 Å². The van der Waals surface area contributed by atoms with Crippen molar-refractivity contribution in [3.05, 3.63) is 5.21 Å². The van der Waals surface area contributed by atoms with E-state index in [1.54, 1.807) is 0 Å². The molecule has 1 amide bonds. The van der Waals surface area contributed by atoms with Gasteiger partial charge < -0.3 is 14.8 Å².